The molecule has 0 bridgehead atoms. The highest BCUT2D eigenvalue weighted by molar-refractivity contribution is 5.91. The van der Waals surface area contributed by atoms with Crippen LogP contribution in [0.3, 0.4) is 0 Å². The second kappa shape index (κ2) is 7.86. The van der Waals surface area contributed by atoms with E-state index >= 15 is 0 Å². The Morgan fingerprint density at radius 2 is 1.77 bits per heavy atom. The summed E-state index contributed by atoms with van der Waals surface area (Å²) in [5.74, 6) is -1.80. The first-order valence-corrected chi connectivity index (χ1v) is 8.64. The Labute approximate surface area is 152 Å². The van der Waals surface area contributed by atoms with Crippen LogP contribution < -0.4 is 11.1 Å². The van der Waals surface area contributed by atoms with Crippen LogP contribution in [0.4, 0.5) is 4.79 Å². The van der Waals surface area contributed by atoms with Crippen LogP contribution in [0.25, 0.3) is 0 Å². The molecule has 1 aliphatic rings. The van der Waals surface area contributed by atoms with Crippen molar-refractivity contribution in [2.24, 2.45) is 11.7 Å². The fourth-order valence-corrected chi connectivity index (χ4v) is 3.16. The number of carbonyl (C=O) groups excluding carboxylic acids is 2. The molecule has 0 radical (unpaired) electrons. The molecule has 0 saturated heterocycles. The number of ketones is 1. The van der Waals surface area contributed by atoms with Gasteiger partial charge in [0.25, 0.3) is 0 Å². The highest BCUT2D eigenvalue weighted by Gasteiger charge is 2.36. The first-order chi connectivity index (χ1) is 12.1. The Morgan fingerprint density at radius 3 is 2.23 bits per heavy atom. The quantitative estimate of drug-likeness (QED) is 0.708. The number of aliphatic carboxylic acids is 1. The average molecular weight is 362 g/mol. The average Bonchev–Trinajstić information content (AvgIpc) is 2.94. The summed E-state index contributed by atoms with van der Waals surface area (Å²) in [5, 5.41) is 11.6. The Balaban J connectivity index is 2.15. The number of amides is 1. The Hall–Kier alpha value is -2.41. The number of benzene rings is 1. The van der Waals surface area contributed by atoms with Crippen molar-refractivity contribution in [1.29, 1.82) is 0 Å². The van der Waals surface area contributed by atoms with E-state index in [1.54, 1.807) is 20.8 Å². The van der Waals surface area contributed by atoms with Gasteiger partial charge in [0.15, 0.2) is 5.78 Å². The molecule has 1 aromatic rings. The molecule has 26 heavy (non-hydrogen) atoms. The summed E-state index contributed by atoms with van der Waals surface area (Å²) in [4.78, 5) is 35.9. The summed E-state index contributed by atoms with van der Waals surface area (Å²) in [6.07, 6.45) is 0.216. The lowest BCUT2D eigenvalue weighted by molar-refractivity contribution is -0.140. The van der Waals surface area contributed by atoms with E-state index in [0.717, 1.165) is 11.1 Å². The highest BCUT2D eigenvalue weighted by atomic mass is 16.6. The zero-order chi connectivity index (χ0) is 19.5. The number of fused-ring (bicyclic) bond motifs is 1. The maximum absolute atomic E-state index is 12.7. The second-order valence-corrected chi connectivity index (χ2v) is 7.68. The van der Waals surface area contributed by atoms with Crippen molar-refractivity contribution in [2.75, 3.05) is 0 Å². The number of hydrogen-bond acceptors (Lipinski definition) is 5. The van der Waals surface area contributed by atoms with Gasteiger partial charge in [-0.2, -0.15) is 0 Å². The molecule has 1 unspecified atom stereocenters. The third-order valence-electron chi connectivity index (χ3n) is 4.31. The molecular weight excluding hydrogens is 336 g/mol. The van der Waals surface area contributed by atoms with E-state index in [1.165, 1.54) is 0 Å². The van der Waals surface area contributed by atoms with Crippen LogP contribution in [0.2, 0.25) is 0 Å². The van der Waals surface area contributed by atoms with Gasteiger partial charge in [-0.1, -0.05) is 24.3 Å². The monoisotopic (exact) mass is 362 g/mol. The molecule has 0 saturated carbocycles. The predicted octanol–water partition coefficient (Wildman–Crippen LogP) is 1.67. The number of Topliss-reactive ketones (excluding diaryl/α,β-unsaturated/α-hetero) is 1. The summed E-state index contributed by atoms with van der Waals surface area (Å²) >= 11 is 0. The summed E-state index contributed by atoms with van der Waals surface area (Å²) in [7, 11) is 0. The highest BCUT2D eigenvalue weighted by Crippen LogP contribution is 2.29. The van der Waals surface area contributed by atoms with Gasteiger partial charge in [-0.05, 0) is 50.7 Å². The topological polar surface area (TPSA) is 119 Å². The number of carboxylic acid groups (broad SMARTS) is 1. The maximum Gasteiger partial charge on any atom is 0.408 e. The summed E-state index contributed by atoms with van der Waals surface area (Å²) in [6.45, 7) is 5.19. The number of hydrogen-bond donors (Lipinski definition) is 3. The SMILES string of the molecule is CC(C)(C)OC(=O)NC(C(=O)C[C@H](N)C(=O)O)C1Cc2ccccc2C1. The van der Waals surface area contributed by atoms with Gasteiger partial charge >= 0.3 is 12.1 Å². The molecule has 1 aromatic carbocycles. The molecule has 0 aliphatic heterocycles. The van der Waals surface area contributed by atoms with Crippen molar-refractivity contribution in [3.63, 3.8) is 0 Å². The number of nitrogens with one attached hydrogen (secondary N) is 1. The van der Waals surface area contributed by atoms with Crippen LogP contribution in [0.15, 0.2) is 24.3 Å². The Bertz CT molecular complexity index is 670. The van der Waals surface area contributed by atoms with Gasteiger partial charge in [0.05, 0.1) is 6.04 Å². The largest absolute Gasteiger partial charge is 0.480 e. The predicted molar refractivity (Wildman–Crippen MR) is 95.7 cm³/mol. The smallest absolute Gasteiger partial charge is 0.408 e. The lowest BCUT2D eigenvalue weighted by Gasteiger charge is -2.26. The van der Waals surface area contributed by atoms with E-state index in [0.29, 0.717) is 12.8 Å². The zero-order valence-corrected chi connectivity index (χ0v) is 15.3. The van der Waals surface area contributed by atoms with Gasteiger partial charge in [-0.3, -0.25) is 9.59 Å². The number of carboxylic acids is 1. The van der Waals surface area contributed by atoms with Crippen LogP contribution in [-0.4, -0.2) is 40.6 Å². The van der Waals surface area contributed by atoms with E-state index in [2.05, 4.69) is 5.32 Å². The van der Waals surface area contributed by atoms with Crippen molar-refractivity contribution >= 4 is 17.8 Å². The minimum Gasteiger partial charge on any atom is -0.480 e. The summed E-state index contributed by atoms with van der Waals surface area (Å²) < 4.78 is 5.26. The van der Waals surface area contributed by atoms with Crippen LogP contribution in [-0.2, 0) is 27.2 Å². The first-order valence-electron chi connectivity index (χ1n) is 8.64. The Morgan fingerprint density at radius 1 is 1.23 bits per heavy atom. The molecule has 0 heterocycles. The van der Waals surface area contributed by atoms with Crippen LogP contribution in [0.1, 0.15) is 38.3 Å². The lowest BCUT2D eigenvalue weighted by Crippen LogP contribution is -2.50. The van der Waals surface area contributed by atoms with E-state index in [9.17, 15) is 14.4 Å². The molecule has 1 aliphatic carbocycles. The molecular formula is C19H26N2O5. The zero-order valence-electron chi connectivity index (χ0n) is 15.3. The molecule has 7 nitrogen and oxygen atoms in total. The van der Waals surface area contributed by atoms with Gasteiger partial charge in [0.2, 0.25) is 0 Å². The van der Waals surface area contributed by atoms with Crippen LogP contribution in [0, 0.1) is 5.92 Å². The standard InChI is InChI=1S/C19H26N2O5/c1-19(2,3)26-18(25)21-16(15(22)10-14(20)17(23)24)13-8-11-6-4-5-7-12(11)9-13/h4-7,13-14,16H,8-10,20H2,1-3H3,(H,21,25)(H,23,24)/t14-,16?/m0/s1. The minimum absolute atomic E-state index is 0.159. The van der Waals surface area contributed by atoms with Crippen molar-refractivity contribution in [3.05, 3.63) is 35.4 Å². The van der Waals surface area contributed by atoms with E-state index in [4.69, 9.17) is 15.6 Å². The van der Waals surface area contributed by atoms with Crippen molar-refractivity contribution in [2.45, 2.75) is 57.7 Å². The summed E-state index contributed by atoms with van der Waals surface area (Å²) in [6, 6.07) is 5.71. The number of alkyl carbamates (subject to hydrolysis) is 1. The number of carbonyl (C=O) groups is 3. The van der Waals surface area contributed by atoms with Crippen molar-refractivity contribution in [1.82, 2.24) is 5.32 Å². The molecule has 0 fully saturated rings. The summed E-state index contributed by atoms with van der Waals surface area (Å²) in [5.41, 5.74) is 7.06. The molecule has 0 aromatic heterocycles. The molecule has 4 N–H and O–H groups in total. The van der Waals surface area contributed by atoms with Crippen LogP contribution in [0.5, 0.6) is 0 Å². The Kier molecular flexibility index (Phi) is 6.02. The lowest BCUT2D eigenvalue weighted by atomic mass is 9.90. The molecule has 142 valence electrons. The van der Waals surface area contributed by atoms with Crippen molar-refractivity contribution in [3.8, 4) is 0 Å². The van der Waals surface area contributed by atoms with E-state index in [-0.39, 0.29) is 12.3 Å². The number of rotatable bonds is 6. The minimum atomic E-state index is -1.30. The van der Waals surface area contributed by atoms with Crippen LogP contribution >= 0.6 is 0 Å². The van der Waals surface area contributed by atoms with Gasteiger partial charge in [0.1, 0.15) is 11.6 Å². The second-order valence-electron chi connectivity index (χ2n) is 7.68. The first kappa shape index (κ1) is 19.9. The molecule has 0 spiro atoms. The molecule has 2 rings (SSSR count). The molecule has 7 heteroatoms. The fraction of sp³-hybridized carbons (Fsp3) is 0.526. The van der Waals surface area contributed by atoms with E-state index in [1.807, 2.05) is 24.3 Å². The number of nitrogens with two attached hydrogens (primary N) is 1. The van der Waals surface area contributed by atoms with E-state index < -0.39 is 35.5 Å². The number of ether oxygens (including phenoxy) is 1. The molecule has 2 atom stereocenters. The van der Waals surface area contributed by atoms with Gasteiger partial charge < -0.3 is 20.9 Å². The van der Waals surface area contributed by atoms with Crippen molar-refractivity contribution < 1.29 is 24.2 Å². The van der Waals surface area contributed by atoms with Gasteiger partial charge in [-0.25, -0.2) is 4.79 Å². The fourth-order valence-electron chi connectivity index (χ4n) is 3.16. The van der Waals surface area contributed by atoms with Gasteiger partial charge in [-0.15, -0.1) is 0 Å². The van der Waals surface area contributed by atoms with Gasteiger partial charge in [0, 0.05) is 6.42 Å². The maximum atomic E-state index is 12.7. The molecule has 1 amide bonds. The third-order valence-corrected chi connectivity index (χ3v) is 4.31. The third kappa shape index (κ3) is 5.29. The normalized spacial score (nSPS) is 16.5.